The second-order valence-corrected chi connectivity index (χ2v) is 3.17. The number of nitrogens with one attached hydrogen (secondary N) is 3. The molecule has 0 aliphatic carbocycles. The molecule has 0 bridgehead atoms. The van der Waals surface area contributed by atoms with Gasteiger partial charge in [0.1, 0.15) is 0 Å². The number of unbranched alkanes of at least 4 members (excludes halogenated alkanes) is 1. The monoisotopic (exact) mass is 151 g/mol. The second-order valence-electron chi connectivity index (χ2n) is 3.17. The molecule has 1 saturated heterocycles. The molecule has 1 heterocycles. The maximum Gasteiger partial charge on any atom is 0.284 e. The lowest BCUT2D eigenvalue weighted by Crippen LogP contribution is -2.68. The summed E-state index contributed by atoms with van der Waals surface area (Å²) >= 11 is 0. The van der Waals surface area contributed by atoms with E-state index in [-0.39, 0.29) is 0 Å². The predicted molar refractivity (Wildman–Crippen MR) is 53.6 cm³/mol. The highest BCUT2D eigenvalue weighted by molar-refractivity contribution is 6.81. The van der Waals surface area contributed by atoms with E-state index in [0.717, 1.165) is 7.55 Å². The van der Waals surface area contributed by atoms with Gasteiger partial charge in [0, 0.05) is 0 Å². The van der Waals surface area contributed by atoms with Crippen molar-refractivity contribution in [3.8, 4) is 0 Å². The highest BCUT2D eigenvalue weighted by Crippen LogP contribution is 1.97. The van der Waals surface area contributed by atoms with E-state index in [4.69, 9.17) is 0 Å². The summed E-state index contributed by atoms with van der Waals surface area (Å²) in [6, 6.07) is 0. The minimum atomic E-state index is 0.457. The highest BCUT2D eigenvalue weighted by Gasteiger charge is 2.22. The van der Waals surface area contributed by atoms with E-state index >= 15 is 0 Å². The van der Waals surface area contributed by atoms with Crippen LogP contribution in [0.4, 0.5) is 0 Å². The van der Waals surface area contributed by atoms with Gasteiger partial charge in [0.2, 0.25) is 0 Å². The molecule has 6 heteroatoms. The van der Waals surface area contributed by atoms with E-state index in [0.29, 0.717) is 14.0 Å². The van der Waals surface area contributed by atoms with Crippen molar-refractivity contribution in [2.45, 2.75) is 32.9 Å². The SMILES string of the molecule is CCCCB1NBNB(C)N1. The topological polar surface area (TPSA) is 36.1 Å². The summed E-state index contributed by atoms with van der Waals surface area (Å²) in [4.78, 5) is 0. The van der Waals surface area contributed by atoms with Crippen molar-refractivity contribution in [2.24, 2.45) is 0 Å². The standard InChI is InChI=1S/C5H16B3N3/c1-3-4-5-8-10-6-9-7(2)11-8/h6,9-11H,3-5H2,1-2H3. The molecular weight excluding hydrogens is 135 g/mol. The fraction of sp³-hybridized carbons (Fsp3) is 1.00. The lowest BCUT2D eigenvalue weighted by Gasteiger charge is -2.25. The van der Waals surface area contributed by atoms with Crippen LogP contribution in [0.1, 0.15) is 19.8 Å². The number of hydrogen-bond acceptors (Lipinski definition) is 3. The fourth-order valence-corrected chi connectivity index (χ4v) is 1.35. The Morgan fingerprint density at radius 1 is 1.36 bits per heavy atom. The van der Waals surface area contributed by atoms with Gasteiger partial charge in [-0.05, 0) is 6.32 Å². The summed E-state index contributed by atoms with van der Waals surface area (Å²) in [5.74, 6) is 0. The molecule has 1 rings (SSSR count). The van der Waals surface area contributed by atoms with Gasteiger partial charge in [-0.2, -0.15) is 0 Å². The third kappa shape index (κ3) is 3.32. The Labute approximate surface area is 70.6 Å². The van der Waals surface area contributed by atoms with Crippen LogP contribution in [0.5, 0.6) is 0 Å². The number of hydrogen-bond donors (Lipinski definition) is 3. The normalized spacial score (nSPS) is 18.4. The van der Waals surface area contributed by atoms with Crippen LogP contribution in [0.2, 0.25) is 13.1 Å². The van der Waals surface area contributed by atoms with Crippen LogP contribution < -0.4 is 15.4 Å². The number of rotatable bonds is 3. The molecule has 1 fully saturated rings. The van der Waals surface area contributed by atoms with Gasteiger partial charge in [0.25, 0.3) is 21.5 Å². The molecule has 1 aliphatic rings. The summed E-state index contributed by atoms with van der Waals surface area (Å²) in [6.45, 7) is 5.36. The predicted octanol–water partition coefficient (Wildman–Crippen LogP) is -0.558. The smallest absolute Gasteiger partial charge is 0.284 e. The van der Waals surface area contributed by atoms with Crippen LogP contribution >= 0.6 is 0 Å². The average Bonchev–Trinajstić information content (AvgIpc) is 2.01. The van der Waals surface area contributed by atoms with E-state index in [9.17, 15) is 0 Å². The van der Waals surface area contributed by atoms with Crippen molar-refractivity contribution in [3.05, 3.63) is 0 Å². The van der Waals surface area contributed by atoms with Gasteiger partial charge >= 0.3 is 0 Å². The maximum atomic E-state index is 3.43. The zero-order valence-corrected chi connectivity index (χ0v) is 7.48. The van der Waals surface area contributed by atoms with Crippen LogP contribution in [0.3, 0.4) is 0 Å². The third-order valence-corrected chi connectivity index (χ3v) is 2.05. The van der Waals surface area contributed by atoms with Gasteiger partial charge in [-0.25, -0.2) is 0 Å². The van der Waals surface area contributed by atoms with E-state index < -0.39 is 0 Å². The quantitative estimate of drug-likeness (QED) is 0.473. The van der Waals surface area contributed by atoms with E-state index in [1.165, 1.54) is 19.2 Å². The maximum absolute atomic E-state index is 3.43. The Morgan fingerprint density at radius 2 is 2.18 bits per heavy atom. The first-order valence-electron chi connectivity index (χ1n) is 4.55. The molecule has 0 saturated carbocycles. The molecule has 0 aromatic heterocycles. The second kappa shape index (κ2) is 4.85. The largest absolute Gasteiger partial charge is 0.375 e. The molecule has 1 aliphatic heterocycles. The lowest BCUT2D eigenvalue weighted by atomic mass is 9.55. The summed E-state index contributed by atoms with van der Waals surface area (Å²) < 4.78 is 0. The first-order chi connectivity index (χ1) is 5.33. The molecule has 0 spiro atoms. The summed E-state index contributed by atoms with van der Waals surface area (Å²) in [7, 11) is 0.933. The van der Waals surface area contributed by atoms with Crippen LogP contribution in [-0.2, 0) is 0 Å². The van der Waals surface area contributed by atoms with Crippen LogP contribution in [-0.4, -0.2) is 21.5 Å². The Bertz CT molecular complexity index is 113. The molecule has 0 unspecified atom stereocenters. The Morgan fingerprint density at radius 3 is 2.82 bits per heavy atom. The highest BCUT2D eigenvalue weighted by atomic mass is 15.0. The van der Waals surface area contributed by atoms with Crippen molar-refractivity contribution < 1.29 is 0 Å². The summed E-state index contributed by atoms with van der Waals surface area (Å²) in [5.41, 5.74) is 0. The summed E-state index contributed by atoms with van der Waals surface area (Å²) in [6.07, 6.45) is 3.82. The van der Waals surface area contributed by atoms with Gasteiger partial charge in [0.15, 0.2) is 0 Å². The Kier molecular flexibility index (Phi) is 4.04. The molecule has 0 atom stereocenters. The molecule has 0 radical (unpaired) electrons. The van der Waals surface area contributed by atoms with Crippen molar-refractivity contribution in [3.63, 3.8) is 0 Å². The van der Waals surface area contributed by atoms with Crippen LogP contribution in [0.15, 0.2) is 0 Å². The lowest BCUT2D eigenvalue weighted by molar-refractivity contribution is 0.862. The minimum Gasteiger partial charge on any atom is -0.375 e. The first-order valence-corrected chi connectivity index (χ1v) is 4.55. The molecule has 0 amide bonds. The van der Waals surface area contributed by atoms with Gasteiger partial charge in [-0.1, -0.05) is 26.6 Å². The molecule has 3 N–H and O–H groups in total. The summed E-state index contributed by atoms with van der Waals surface area (Å²) in [5, 5.41) is 10.1. The Hall–Kier alpha value is 0.0748. The molecule has 0 aromatic rings. The van der Waals surface area contributed by atoms with Crippen molar-refractivity contribution in [1.82, 2.24) is 15.4 Å². The molecular formula is C5H16B3N3. The molecule has 0 aromatic carbocycles. The van der Waals surface area contributed by atoms with Gasteiger partial charge in [-0.3, -0.25) is 0 Å². The van der Waals surface area contributed by atoms with E-state index in [1.54, 1.807) is 0 Å². The zero-order chi connectivity index (χ0) is 8.10. The Balaban J connectivity index is 2.12. The van der Waals surface area contributed by atoms with E-state index in [1.807, 2.05) is 0 Å². The molecule has 60 valence electrons. The van der Waals surface area contributed by atoms with Crippen molar-refractivity contribution in [2.75, 3.05) is 0 Å². The molecule has 3 nitrogen and oxygen atoms in total. The minimum absolute atomic E-state index is 0.457. The van der Waals surface area contributed by atoms with Gasteiger partial charge < -0.3 is 15.4 Å². The van der Waals surface area contributed by atoms with Crippen LogP contribution in [0.25, 0.3) is 0 Å². The van der Waals surface area contributed by atoms with Gasteiger partial charge in [0.05, 0.1) is 0 Å². The van der Waals surface area contributed by atoms with E-state index in [2.05, 4.69) is 29.2 Å². The van der Waals surface area contributed by atoms with Gasteiger partial charge in [-0.15, -0.1) is 0 Å². The van der Waals surface area contributed by atoms with Crippen molar-refractivity contribution in [1.29, 1.82) is 0 Å². The molecule has 11 heavy (non-hydrogen) atoms. The first kappa shape index (κ1) is 9.17. The average molecular weight is 151 g/mol. The third-order valence-electron chi connectivity index (χ3n) is 2.05. The van der Waals surface area contributed by atoms with Crippen molar-refractivity contribution >= 4 is 21.5 Å². The fourth-order valence-electron chi connectivity index (χ4n) is 1.35. The van der Waals surface area contributed by atoms with Crippen LogP contribution in [0, 0.1) is 0 Å². The zero-order valence-electron chi connectivity index (χ0n) is 7.48.